The monoisotopic (exact) mass is 462 g/mol. The Morgan fingerprint density at radius 2 is 1.81 bits per heavy atom. The number of hydrogen-bond donors (Lipinski definition) is 1. The van der Waals surface area contributed by atoms with E-state index in [-0.39, 0.29) is 17.2 Å². The third-order valence-electron chi connectivity index (χ3n) is 5.49. The molecule has 10 heteroatoms. The summed E-state index contributed by atoms with van der Waals surface area (Å²) in [6, 6.07) is 7.97. The zero-order valence-electron chi connectivity index (χ0n) is 18.7. The molecule has 1 aromatic heterocycles. The SMILES string of the molecule is CCN(CC)S(=O)(=O)c1ccc(N2CCCC2)c(NC(=O)CN(C)C(=O)c2ccco2)c1. The molecule has 0 radical (unpaired) electrons. The summed E-state index contributed by atoms with van der Waals surface area (Å²) in [5, 5.41) is 2.82. The maximum atomic E-state index is 13.0. The van der Waals surface area contributed by atoms with E-state index in [0.29, 0.717) is 18.8 Å². The summed E-state index contributed by atoms with van der Waals surface area (Å²) in [5.41, 5.74) is 1.19. The van der Waals surface area contributed by atoms with Gasteiger partial charge in [0.1, 0.15) is 0 Å². The maximum Gasteiger partial charge on any atom is 0.289 e. The van der Waals surface area contributed by atoms with Crippen LogP contribution in [0.5, 0.6) is 0 Å². The van der Waals surface area contributed by atoms with E-state index >= 15 is 0 Å². The number of anilines is 2. The summed E-state index contributed by atoms with van der Waals surface area (Å²) in [4.78, 5) is 28.6. The Morgan fingerprint density at radius 1 is 1.12 bits per heavy atom. The molecular weight excluding hydrogens is 432 g/mol. The lowest BCUT2D eigenvalue weighted by atomic mass is 10.2. The van der Waals surface area contributed by atoms with Gasteiger partial charge in [-0.05, 0) is 43.2 Å². The third-order valence-corrected chi connectivity index (χ3v) is 7.54. The molecule has 9 nitrogen and oxygen atoms in total. The fourth-order valence-corrected chi connectivity index (χ4v) is 5.27. The molecule has 174 valence electrons. The highest BCUT2D eigenvalue weighted by atomic mass is 32.2. The molecule has 1 fully saturated rings. The van der Waals surface area contributed by atoms with E-state index in [1.165, 1.54) is 34.6 Å². The van der Waals surface area contributed by atoms with Crippen molar-refractivity contribution in [2.45, 2.75) is 31.6 Å². The smallest absolute Gasteiger partial charge is 0.289 e. The number of carbonyl (C=O) groups is 2. The normalized spacial score (nSPS) is 14.1. The molecule has 3 rings (SSSR count). The molecule has 1 aliphatic rings. The van der Waals surface area contributed by atoms with Gasteiger partial charge in [0.15, 0.2) is 5.76 Å². The summed E-state index contributed by atoms with van der Waals surface area (Å²) in [5.74, 6) is -0.696. The molecule has 0 unspecified atom stereocenters. The predicted octanol–water partition coefficient (Wildman–Crippen LogP) is 2.62. The second-order valence-electron chi connectivity index (χ2n) is 7.65. The summed E-state index contributed by atoms with van der Waals surface area (Å²) >= 11 is 0. The number of benzene rings is 1. The highest BCUT2D eigenvalue weighted by molar-refractivity contribution is 7.89. The highest BCUT2D eigenvalue weighted by Gasteiger charge is 2.25. The van der Waals surface area contributed by atoms with E-state index in [1.54, 1.807) is 32.0 Å². The van der Waals surface area contributed by atoms with Crippen molar-refractivity contribution in [2.75, 3.05) is 50.0 Å². The molecule has 2 amide bonds. The Kier molecular flexibility index (Phi) is 7.57. The first-order valence-corrected chi connectivity index (χ1v) is 12.2. The van der Waals surface area contributed by atoms with Gasteiger partial charge in [-0.3, -0.25) is 9.59 Å². The van der Waals surface area contributed by atoms with Gasteiger partial charge in [0.25, 0.3) is 5.91 Å². The molecule has 1 N–H and O–H groups in total. The van der Waals surface area contributed by atoms with Crippen LogP contribution >= 0.6 is 0 Å². The largest absolute Gasteiger partial charge is 0.459 e. The van der Waals surface area contributed by atoms with E-state index in [9.17, 15) is 18.0 Å². The van der Waals surface area contributed by atoms with Crippen LogP contribution in [0.25, 0.3) is 0 Å². The number of nitrogens with one attached hydrogen (secondary N) is 1. The van der Waals surface area contributed by atoms with Crippen molar-refractivity contribution in [3.8, 4) is 0 Å². The van der Waals surface area contributed by atoms with E-state index in [4.69, 9.17) is 4.42 Å². The fraction of sp³-hybridized carbons (Fsp3) is 0.455. The van der Waals surface area contributed by atoms with Crippen LogP contribution in [0.3, 0.4) is 0 Å². The Labute approximate surface area is 189 Å². The molecule has 0 aliphatic carbocycles. The second-order valence-corrected chi connectivity index (χ2v) is 9.59. The topological polar surface area (TPSA) is 103 Å². The molecule has 1 saturated heterocycles. The number of sulfonamides is 1. The first kappa shape index (κ1) is 23.8. The van der Waals surface area contributed by atoms with Crippen molar-refractivity contribution < 1.29 is 22.4 Å². The number of furan rings is 1. The molecule has 0 bridgehead atoms. The van der Waals surface area contributed by atoms with Crippen molar-refractivity contribution in [3.63, 3.8) is 0 Å². The van der Waals surface area contributed by atoms with Gasteiger partial charge in [-0.15, -0.1) is 0 Å². The number of amides is 2. The number of nitrogens with zero attached hydrogens (tertiary/aromatic N) is 3. The third kappa shape index (κ3) is 5.13. The van der Waals surface area contributed by atoms with E-state index < -0.39 is 21.8 Å². The van der Waals surface area contributed by atoms with E-state index in [2.05, 4.69) is 10.2 Å². The van der Waals surface area contributed by atoms with E-state index in [0.717, 1.165) is 31.6 Å². The lowest BCUT2D eigenvalue weighted by molar-refractivity contribution is -0.116. The summed E-state index contributed by atoms with van der Waals surface area (Å²) in [6.45, 7) is 5.75. The van der Waals surface area contributed by atoms with Crippen LogP contribution in [0.15, 0.2) is 45.9 Å². The summed E-state index contributed by atoms with van der Waals surface area (Å²) < 4.78 is 32.5. The summed E-state index contributed by atoms with van der Waals surface area (Å²) in [7, 11) is -2.17. The fourth-order valence-electron chi connectivity index (χ4n) is 3.79. The Bertz CT molecular complexity index is 1040. The average molecular weight is 463 g/mol. The number of rotatable bonds is 9. The van der Waals surface area contributed by atoms with Crippen LogP contribution in [-0.4, -0.2) is 69.2 Å². The molecule has 0 spiro atoms. The van der Waals surface area contributed by atoms with Crippen molar-refractivity contribution in [2.24, 2.45) is 0 Å². The van der Waals surface area contributed by atoms with Gasteiger partial charge in [-0.2, -0.15) is 4.31 Å². The van der Waals surface area contributed by atoms with Gasteiger partial charge in [-0.1, -0.05) is 13.8 Å². The quantitative estimate of drug-likeness (QED) is 0.615. The minimum Gasteiger partial charge on any atom is -0.459 e. The molecule has 2 aromatic rings. The molecule has 1 aliphatic heterocycles. The molecule has 2 heterocycles. The zero-order valence-corrected chi connectivity index (χ0v) is 19.5. The van der Waals surface area contributed by atoms with Crippen LogP contribution in [0, 0.1) is 0 Å². The average Bonchev–Trinajstić information content (AvgIpc) is 3.48. The van der Waals surface area contributed by atoms with Crippen LogP contribution in [0.2, 0.25) is 0 Å². The first-order chi connectivity index (χ1) is 15.3. The van der Waals surface area contributed by atoms with Gasteiger partial charge in [-0.25, -0.2) is 8.42 Å². The Balaban J connectivity index is 1.85. The lowest BCUT2D eigenvalue weighted by Gasteiger charge is -2.24. The first-order valence-electron chi connectivity index (χ1n) is 10.8. The minimum absolute atomic E-state index is 0.125. The van der Waals surface area contributed by atoms with Crippen LogP contribution in [0.1, 0.15) is 37.2 Å². The van der Waals surface area contributed by atoms with Crippen LogP contribution < -0.4 is 10.2 Å². The molecule has 0 saturated carbocycles. The predicted molar refractivity (Wildman–Crippen MR) is 122 cm³/mol. The zero-order chi connectivity index (χ0) is 23.3. The van der Waals surface area contributed by atoms with Crippen molar-refractivity contribution >= 4 is 33.2 Å². The van der Waals surface area contributed by atoms with Crippen molar-refractivity contribution in [1.29, 1.82) is 0 Å². The van der Waals surface area contributed by atoms with Crippen molar-refractivity contribution in [3.05, 3.63) is 42.4 Å². The molecule has 0 atom stereocenters. The van der Waals surface area contributed by atoms with E-state index in [1.807, 2.05) is 0 Å². The maximum absolute atomic E-state index is 13.0. The second kappa shape index (κ2) is 10.2. The molecule has 1 aromatic carbocycles. The Hall–Kier alpha value is -2.85. The molecule has 32 heavy (non-hydrogen) atoms. The molecular formula is C22H30N4O5S. The number of carbonyl (C=O) groups excluding carboxylic acids is 2. The van der Waals surface area contributed by atoms with Gasteiger partial charge < -0.3 is 19.5 Å². The van der Waals surface area contributed by atoms with Gasteiger partial charge in [0, 0.05) is 33.2 Å². The Morgan fingerprint density at radius 3 is 2.41 bits per heavy atom. The summed E-state index contributed by atoms with van der Waals surface area (Å²) in [6.07, 6.45) is 3.46. The lowest BCUT2D eigenvalue weighted by Crippen LogP contribution is -2.35. The van der Waals surface area contributed by atoms with Crippen molar-refractivity contribution in [1.82, 2.24) is 9.21 Å². The number of likely N-dealkylation sites (N-methyl/N-ethyl adjacent to an activating group) is 1. The minimum atomic E-state index is -3.68. The highest BCUT2D eigenvalue weighted by Crippen LogP contribution is 2.32. The van der Waals surface area contributed by atoms with Crippen LogP contribution in [-0.2, 0) is 14.8 Å². The van der Waals surface area contributed by atoms with Gasteiger partial charge in [0.05, 0.1) is 29.1 Å². The van der Waals surface area contributed by atoms with Gasteiger partial charge in [0.2, 0.25) is 15.9 Å². The van der Waals surface area contributed by atoms with Crippen LogP contribution in [0.4, 0.5) is 11.4 Å². The van der Waals surface area contributed by atoms with Gasteiger partial charge >= 0.3 is 0 Å². The number of hydrogen-bond acceptors (Lipinski definition) is 6. The standard InChI is InChI=1S/C22H30N4O5S/c1-4-26(5-2)32(29,30)17-10-11-19(25-12-6-7-13-25)18(15-17)23-21(27)16-24(3)22(28)20-9-8-14-31-20/h8-11,14-15H,4-7,12-13,16H2,1-3H3,(H,23,27).